The Balaban J connectivity index is 1.68. The molecule has 1 aliphatic heterocycles. The number of nitrogens with one attached hydrogen (secondary N) is 1. The summed E-state index contributed by atoms with van der Waals surface area (Å²) in [6.45, 7) is 0.574. The molecule has 0 bridgehead atoms. The van der Waals surface area contributed by atoms with Gasteiger partial charge in [0, 0.05) is 18.7 Å². The second-order valence-electron chi connectivity index (χ2n) is 6.52. The molecular weight excluding hydrogens is 364 g/mol. The van der Waals surface area contributed by atoms with Gasteiger partial charge in [0.25, 0.3) is 5.91 Å². The Kier molecular flexibility index (Phi) is 4.43. The number of carbonyl (C=O) groups excluding carboxylic acids is 1. The summed E-state index contributed by atoms with van der Waals surface area (Å²) in [7, 11) is -3.65. The molecule has 2 N–H and O–H groups in total. The molecule has 0 radical (unpaired) electrons. The zero-order chi connectivity index (χ0) is 19.0. The van der Waals surface area contributed by atoms with Crippen molar-refractivity contribution in [2.24, 2.45) is 0 Å². The van der Waals surface area contributed by atoms with E-state index >= 15 is 0 Å². The smallest absolute Gasteiger partial charge is 0.274 e. The molecule has 7 heteroatoms. The van der Waals surface area contributed by atoms with Crippen molar-refractivity contribution in [2.75, 3.05) is 6.54 Å². The molecule has 1 heterocycles. The van der Waals surface area contributed by atoms with Crippen LogP contribution in [0.4, 0.5) is 0 Å². The van der Waals surface area contributed by atoms with Gasteiger partial charge in [0.05, 0.1) is 4.90 Å². The van der Waals surface area contributed by atoms with Crippen LogP contribution in [0.25, 0.3) is 10.8 Å². The Morgan fingerprint density at radius 2 is 1.74 bits per heavy atom. The third-order valence-corrected chi connectivity index (χ3v) is 6.75. The highest BCUT2D eigenvalue weighted by Gasteiger charge is 2.28. The van der Waals surface area contributed by atoms with Crippen molar-refractivity contribution in [3.8, 4) is 0 Å². The third kappa shape index (κ3) is 3.21. The maximum Gasteiger partial charge on any atom is 0.274 e. The number of fused-ring (bicyclic) bond motifs is 2. The molecule has 138 valence electrons. The molecule has 0 atom stereocenters. The molecule has 3 aromatic rings. The van der Waals surface area contributed by atoms with E-state index in [-0.39, 0.29) is 11.4 Å². The average Bonchev–Trinajstić information content (AvgIpc) is 2.71. The number of rotatable bonds is 3. The Morgan fingerprint density at radius 3 is 2.52 bits per heavy atom. The SMILES string of the molecule is O=C(NO)c1ccc2c(c1)CN(S(=O)(=O)c1ccc3ccccc3c1)CC2. The van der Waals surface area contributed by atoms with Gasteiger partial charge in [-0.25, -0.2) is 13.9 Å². The van der Waals surface area contributed by atoms with Crippen LogP contribution in [0.2, 0.25) is 0 Å². The highest BCUT2D eigenvalue weighted by molar-refractivity contribution is 7.89. The van der Waals surface area contributed by atoms with Gasteiger partial charge >= 0.3 is 0 Å². The number of hydrogen-bond donors (Lipinski definition) is 2. The topological polar surface area (TPSA) is 86.7 Å². The van der Waals surface area contributed by atoms with Crippen LogP contribution in [0.5, 0.6) is 0 Å². The van der Waals surface area contributed by atoms with Gasteiger partial charge in [0.15, 0.2) is 0 Å². The summed E-state index contributed by atoms with van der Waals surface area (Å²) < 4.78 is 27.7. The van der Waals surface area contributed by atoms with Gasteiger partial charge in [-0.2, -0.15) is 4.31 Å². The minimum Gasteiger partial charge on any atom is -0.288 e. The Morgan fingerprint density at radius 1 is 0.963 bits per heavy atom. The summed E-state index contributed by atoms with van der Waals surface area (Å²) >= 11 is 0. The van der Waals surface area contributed by atoms with Gasteiger partial charge < -0.3 is 0 Å². The van der Waals surface area contributed by atoms with Crippen molar-refractivity contribution in [1.29, 1.82) is 0 Å². The molecule has 27 heavy (non-hydrogen) atoms. The molecule has 6 nitrogen and oxygen atoms in total. The van der Waals surface area contributed by atoms with Crippen molar-refractivity contribution in [1.82, 2.24) is 9.79 Å². The predicted octanol–water partition coefficient (Wildman–Crippen LogP) is 2.71. The Bertz CT molecular complexity index is 1140. The number of carbonyl (C=O) groups is 1. The largest absolute Gasteiger partial charge is 0.288 e. The fourth-order valence-electron chi connectivity index (χ4n) is 3.42. The second-order valence-corrected chi connectivity index (χ2v) is 8.46. The number of benzene rings is 3. The van der Waals surface area contributed by atoms with E-state index in [0.29, 0.717) is 18.5 Å². The van der Waals surface area contributed by atoms with Gasteiger partial charge in [-0.3, -0.25) is 10.0 Å². The zero-order valence-electron chi connectivity index (χ0n) is 14.4. The predicted molar refractivity (Wildman–Crippen MR) is 101 cm³/mol. The summed E-state index contributed by atoms with van der Waals surface area (Å²) in [5.74, 6) is -0.618. The summed E-state index contributed by atoms with van der Waals surface area (Å²) in [6, 6.07) is 17.8. The number of hydroxylamine groups is 1. The zero-order valence-corrected chi connectivity index (χ0v) is 15.2. The van der Waals surface area contributed by atoms with E-state index in [1.165, 1.54) is 4.31 Å². The van der Waals surface area contributed by atoms with Crippen LogP contribution in [0, 0.1) is 0 Å². The summed E-state index contributed by atoms with van der Waals surface area (Å²) in [5.41, 5.74) is 3.67. The van der Waals surface area contributed by atoms with E-state index in [0.717, 1.165) is 21.9 Å². The van der Waals surface area contributed by atoms with E-state index in [4.69, 9.17) is 5.21 Å². The lowest BCUT2D eigenvalue weighted by Gasteiger charge is -2.28. The van der Waals surface area contributed by atoms with E-state index in [9.17, 15) is 13.2 Å². The standard InChI is InChI=1S/C20H18N2O4S/c23-20(21-24)17-6-5-15-9-10-22(13-18(15)11-17)27(25,26)19-8-7-14-3-1-2-4-16(14)12-19/h1-8,11-12,24H,9-10,13H2,(H,21,23). The molecule has 0 saturated heterocycles. The van der Waals surface area contributed by atoms with Crippen LogP contribution >= 0.6 is 0 Å². The van der Waals surface area contributed by atoms with Crippen LogP contribution in [-0.2, 0) is 23.0 Å². The Hall–Kier alpha value is -2.74. The number of amides is 1. The lowest BCUT2D eigenvalue weighted by atomic mass is 9.98. The minimum absolute atomic E-state index is 0.192. The van der Waals surface area contributed by atoms with E-state index in [1.807, 2.05) is 30.3 Å². The van der Waals surface area contributed by atoms with Crippen LogP contribution in [0.1, 0.15) is 21.5 Å². The van der Waals surface area contributed by atoms with Crippen LogP contribution in [0.3, 0.4) is 0 Å². The average molecular weight is 382 g/mol. The van der Waals surface area contributed by atoms with E-state index < -0.39 is 15.9 Å². The van der Waals surface area contributed by atoms with Crippen LogP contribution < -0.4 is 5.48 Å². The number of hydrogen-bond acceptors (Lipinski definition) is 4. The highest BCUT2D eigenvalue weighted by atomic mass is 32.2. The molecule has 0 unspecified atom stereocenters. The minimum atomic E-state index is -3.65. The first-order valence-electron chi connectivity index (χ1n) is 8.54. The van der Waals surface area contributed by atoms with Crippen molar-refractivity contribution < 1.29 is 18.4 Å². The summed E-state index contributed by atoms with van der Waals surface area (Å²) in [5, 5.41) is 10.7. The van der Waals surface area contributed by atoms with Crippen LogP contribution in [-0.4, -0.2) is 30.4 Å². The molecule has 0 spiro atoms. The molecule has 0 aliphatic carbocycles. The van der Waals surface area contributed by atoms with Gasteiger partial charge in [0.1, 0.15) is 0 Å². The number of sulfonamides is 1. The fourth-order valence-corrected chi connectivity index (χ4v) is 4.87. The first-order valence-corrected chi connectivity index (χ1v) is 9.98. The molecule has 1 amide bonds. The molecule has 1 aliphatic rings. The van der Waals surface area contributed by atoms with Gasteiger partial charge in [-0.15, -0.1) is 0 Å². The molecule has 0 saturated carbocycles. The van der Waals surface area contributed by atoms with Gasteiger partial charge in [0.2, 0.25) is 10.0 Å². The first-order chi connectivity index (χ1) is 13.0. The lowest BCUT2D eigenvalue weighted by Crippen LogP contribution is -2.36. The first kappa shape index (κ1) is 17.7. The highest BCUT2D eigenvalue weighted by Crippen LogP contribution is 2.27. The van der Waals surface area contributed by atoms with Crippen molar-refractivity contribution in [2.45, 2.75) is 17.9 Å². The van der Waals surface area contributed by atoms with Crippen LogP contribution in [0.15, 0.2) is 65.6 Å². The molecule has 4 rings (SSSR count). The fraction of sp³-hybridized carbons (Fsp3) is 0.150. The van der Waals surface area contributed by atoms with Crippen molar-refractivity contribution >= 4 is 26.7 Å². The van der Waals surface area contributed by atoms with E-state index in [1.54, 1.807) is 35.8 Å². The molecule has 3 aromatic carbocycles. The van der Waals surface area contributed by atoms with Crippen molar-refractivity contribution in [3.05, 3.63) is 77.4 Å². The molecular formula is C20H18N2O4S. The molecule has 0 aromatic heterocycles. The van der Waals surface area contributed by atoms with E-state index in [2.05, 4.69) is 0 Å². The maximum absolute atomic E-state index is 13.1. The molecule has 0 fully saturated rings. The second kappa shape index (κ2) is 6.77. The normalized spacial score (nSPS) is 14.7. The maximum atomic E-state index is 13.1. The van der Waals surface area contributed by atoms with Crippen molar-refractivity contribution in [3.63, 3.8) is 0 Å². The lowest BCUT2D eigenvalue weighted by molar-refractivity contribution is 0.0706. The Labute approximate surface area is 157 Å². The van der Waals surface area contributed by atoms with Gasteiger partial charge in [-0.05, 0) is 52.6 Å². The number of nitrogens with zero attached hydrogens (tertiary/aromatic N) is 1. The monoisotopic (exact) mass is 382 g/mol. The quantitative estimate of drug-likeness (QED) is 0.539. The van der Waals surface area contributed by atoms with Gasteiger partial charge in [-0.1, -0.05) is 36.4 Å². The summed E-state index contributed by atoms with van der Waals surface area (Å²) in [6.07, 6.45) is 0.573. The third-order valence-electron chi connectivity index (χ3n) is 4.91. The summed E-state index contributed by atoms with van der Waals surface area (Å²) in [4.78, 5) is 11.9.